The van der Waals surface area contributed by atoms with Crippen molar-refractivity contribution in [2.75, 3.05) is 25.1 Å². The Hall–Kier alpha value is -2.99. The second-order valence-electron chi connectivity index (χ2n) is 6.22. The Morgan fingerprint density at radius 3 is 2.59 bits per heavy atom. The number of methoxy groups -OCH3 is 1. The average Bonchev–Trinajstić information content (AvgIpc) is 3.19. The molecule has 7 heteroatoms. The van der Waals surface area contributed by atoms with E-state index in [0.29, 0.717) is 29.6 Å². The molecule has 138 valence electrons. The van der Waals surface area contributed by atoms with Crippen LogP contribution in [0.2, 0.25) is 5.15 Å². The SMILES string of the molecule is COC(=O)c1cccc(N2CC(Oc3ccc(Cl)nc3)C2)c1-n1cccc1. The Morgan fingerprint density at radius 2 is 1.93 bits per heavy atom. The highest BCUT2D eigenvalue weighted by Crippen LogP contribution is 2.32. The quantitative estimate of drug-likeness (QED) is 0.498. The third-order valence-corrected chi connectivity index (χ3v) is 4.70. The molecule has 27 heavy (non-hydrogen) atoms. The summed E-state index contributed by atoms with van der Waals surface area (Å²) in [7, 11) is 1.39. The fourth-order valence-corrected chi connectivity index (χ4v) is 3.26. The van der Waals surface area contributed by atoms with E-state index in [2.05, 4.69) is 9.88 Å². The van der Waals surface area contributed by atoms with Gasteiger partial charge >= 0.3 is 5.97 Å². The molecular weight excluding hydrogens is 366 g/mol. The average molecular weight is 384 g/mol. The third-order valence-electron chi connectivity index (χ3n) is 4.47. The standard InChI is InChI=1S/C20H18ClN3O3/c1-26-20(25)16-5-4-6-17(19(16)23-9-2-3-10-23)24-12-15(13-24)27-14-7-8-18(21)22-11-14/h2-11,15H,12-13H2,1H3. The van der Waals surface area contributed by atoms with Crippen LogP contribution >= 0.6 is 11.6 Å². The summed E-state index contributed by atoms with van der Waals surface area (Å²) in [6.07, 6.45) is 5.50. The number of benzene rings is 1. The van der Waals surface area contributed by atoms with Crippen LogP contribution in [-0.2, 0) is 4.74 Å². The molecule has 1 aliphatic rings. The van der Waals surface area contributed by atoms with Gasteiger partial charge in [-0.15, -0.1) is 0 Å². The number of para-hydroxylation sites is 1. The molecule has 0 saturated carbocycles. The molecule has 2 aromatic heterocycles. The van der Waals surface area contributed by atoms with Crippen molar-refractivity contribution in [2.24, 2.45) is 0 Å². The van der Waals surface area contributed by atoms with Crippen LogP contribution in [0.1, 0.15) is 10.4 Å². The van der Waals surface area contributed by atoms with E-state index in [9.17, 15) is 4.79 Å². The number of hydrogen-bond donors (Lipinski definition) is 0. The highest BCUT2D eigenvalue weighted by molar-refractivity contribution is 6.29. The van der Waals surface area contributed by atoms with E-state index >= 15 is 0 Å². The van der Waals surface area contributed by atoms with E-state index in [0.717, 1.165) is 11.4 Å². The highest BCUT2D eigenvalue weighted by atomic mass is 35.5. The van der Waals surface area contributed by atoms with Gasteiger partial charge in [0.2, 0.25) is 0 Å². The van der Waals surface area contributed by atoms with E-state index in [-0.39, 0.29) is 12.1 Å². The predicted octanol–water partition coefficient (Wildman–Crippen LogP) is 3.58. The van der Waals surface area contributed by atoms with Crippen molar-refractivity contribution in [3.63, 3.8) is 0 Å². The predicted molar refractivity (Wildman–Crippen MR) is 103 cm³/mol. The van der Waals surface area contributed by atoms with Gasteiger partial charge in [-0.3, -0.25) is 0 Å². The number of halogens is 1. The van der Waals surface area contributed by atoms with E-state index < -0.39 is 0 Å². The lowest BCUT2D eigenvalue weighted by molar-refractivity contribution is 0.0601. The Balaban J connectivity index is 1.56. The summed E-state index contributed by atoms with van der Waals surface area (Å²) >= 11 is 5.80. The van der Waals surface area contributed by atoms with Crippen LogP contribution < -0.4 is 9.64 Å². The van der Waals surface area contributed by atoms with E-state index in [4.69, 9.17) is 21.1 Å². The second-order valence-corrected chi connectivity index (χ2v) is 6.60. The number of rotatable bonds is 5. The van der Waals surface area contributed by atoms with E-state index in [1.807, 2.05) is 41.2 Å². The third kappa shape index (κ3) is 3.48. The number of nitrogens with zero attached hydrogens (tertiary/aromatic N) is 3. The van der Waals surface area contributed by atoms with Gasteiger partial charge in [0.1, 0.15) is 17.0 Å². The van der Waals surface area contributed by atoms with Gasteiger partial charge in [0.05, 0.1) is 43.3 Å². The molecule has 1 aromatic carbocycles. The minimum atomic E-state index is -0.360. The van der Waals surface area contributed by atoms with Crippen molar-refractivity contribution in [1.82, 2.24) is 9.55 Å². The molecule has 0 radical (unpaired) electrons. The molecular formula is C20H18ClN3O3. The zero-order valence-corrected chi connectivity index (χ0v) is 15.5. The maximum absolute atomic E-state index is 12.2. The van der Waals surface area contributed by atoms with Gasteiger partial charge in [-0.05, 0) is 36.4 Å². The van der Waals surface area contributed by atoms with Crippen LogP contribution in [0.15, 0.2) is 61.1 Å². The Bertz CT molecular complexity index is 936. The topological polar surface area (TPSA) is 56.6 Å². The summed E-state index contributed by atoms with van der Waals surface area (Å²) in [4.78, 5) is 18.5. The fraction of sp³-hybridized carbons (Fsp3) is 0.200. The van der Waals surface area contributed by atoms with Crippen LogP contribution in [0, 0.1) is 0 Å². The maximum atomic E-state index is 12.2. The largest absolute Gasteiger partial charge is 0.485 e. The van der Waals surface area contributed by atoms with Gasteiger partial charge in [0.25, 0.3) is 0 Å². The first-order valence-corrected chi connectivity index (χ1v) is 8.91. The van der Waals surface area contributed by atoms with E-state index in [1.54, 1.807) is 24.4 Å². The number of carbonyl (C=O) groups is 1. The van der Waals surface area contributed by atoms with Crippen molar-refractivity contribution in [1.29, 1.82) is 0 Å². The number of pyridine rings is 1. The lowest BCUT2D eigenvalue weighted by Crippen LogP contribution is -2.54. The molecule has 0 aliphatic carbocycles. The summed E-state index contributed by atoms with van der Waals surface area (Å²) in [5.74, 6) is 0.333. The molecule has 0 atom stereocenters. The van der Waals surface area contributed by atoms with E-state index in [1.165, 1.54) is 7.11 Å². The van der Waals surface area contributed by atoms with Crippen LogP contribution in [-0.4, -0.2) is 41.8 Å². The molecule has 4 rings (SSSR count). The number of esters is 1. The van der Waals surface area contributed by atoms with Gasteiger partial charge in [0, 0.05) is 12.4 Å². The van der Waals surface area contributed by atoms with Crippen molar-refractivity contribution in [3.05, 3.63) is 71.8 Å². The van der Waals surface area contributed by atoms with Crippen LogP contribution in [0.3, 0.4) is 0 Å². The summed E-state index contributed by atoms with van der Waals surface area (Å²) in [5.41, 5.74) is 2.29. The first-order valence-electron chi connectivity index (χ1n) is 8.53. The molecule has 0 bridgehead atoms. The van der Waals surface area contributed by atoms with Crippen LogP contribution in [0.4, 0.5) is 5.69 Å². The minimum absolute atomic E-state index is 0.0484. The molecule has 3 aromatic rings. The molecule has 1 saturated heterocycles. The molecule has 6 nitrogen and oxygen atoms in total. The molecule has 0 spiro atoms. The Morgan fingerprint density at radius 1 is 1.15 bits per heavy atom. The van der Waals surface area contributed by atoms with Gasteiger partial charge in [-0.1, -0.05) is 17.7 Å². The molecule has 1 aliphatic heterocycles. The van der Waals surface area contributed by atoms with Crippen molar-refractivity contribution in [3.8, 4) is 11.4 Å². The van der Waals surface area contributed by atoms with Gasteiger partial charge in [-0.25, -0.2) is 9.78 Å². The lowest BCUT2D eigenvalue weighted by atomic mass is 10.1. The number of anilines is 1. The van der Waals surface area contributed by atoms with Gasteiger partial charge in [0.15, 0.2) is 0 Å². The molecule has 3 heterocycles. The Kier molecular flexibility index (Phi) is 4.73. The molecule has 0 amide bonds. The van der Waals surface area contributed by atoms with Crippen LogP contribution in [0.5, 0.6) is 5.75 Å². The molecule has 1 fully saturated rings. The normalized spacial score (nSPS) is 13.9. The lowest BCUT2D eigenvalue weighted by Gasteiger charge is -2.41. The summed E-state index contributed by atoms with van der Waals surface area (Å²) in [6, 6.07) is 13.0. The zero-order chi connectivity index (χ0) is 18.8. The smallest absolute Gasteiger partial charge is 0.340 e. The van der Waals surface area contributed by atoms with Gasteiger partial charge < -0.3 is 18.9 Å². The first kappa shape index (κ1) is 17.4. The fourth-order valence-electron chi connectivity index (χ4n) is 3.15. The second kappa shape index (κ2) is 7.32. The van der Waals surface area contributed by atoms with Crippen molar-refractivity contribution >= 4 is 23.3 Å². The Labute approximate surface area is 161 Å². The first-order chi connectivity index (χ1) is 13.2. The number of hydrogen-bond acceptors (Lipinski definition) is 5. The number of aromatic nitrogens is 2. The zero-order valence-electron chi connectivity index (χ0n) is 14.7. The van der Waals surface area contributed by atoms with Gasteiger partial charge in [-0.2, -0.15) is 0 Å². The summed E-state index contributed by atoms with van der Waals surface area (Å²) < 4.78 is 12.8. The molecule has 0 N–H and O–H groups in total. The monoisotopic (exact) mass is 383 g/mol. The summed E-state index contributed by atoms with van der Waals surface area (Å²) in [6.45, 7) is 1.42. The molecule has 0 unspecified atom stereocenters. The highest BCUT2D eigenvalue weighted by Gasteiger charge is 2.32. The number of carbonyl (C=O) groups excluding carboxylic acids is 1. The summed E-state index contributed by atoms with van der Waals surface area (Å²) in [5, 5.41) is 0.438. The minimum Gasteiger partial charge on any atom is -0.485 e. The van der Waals surface area contributed by atoms with Crippen molar-refractivity contribution < 1.29 is 14.3 Å². The van der Waals surface area contributed by atoms with Crippen molar-refractivity contribution in [2.45, 2.75) is 6.10 Å². The number of ether oxygens (including phenoxy) is 2. The maximum Gasteiger partial charge on any atom is 0.340 e. The van der Waals surface area contributed by atoms with Crippen LogP contribution in [0.25, 0.3) is 5.69 Å².